The highest BCUT2D eigenvalue weighted by Crippen LogP contribution is 2.16. The quantitative estimate of drug-likeness (QED) is 0.727. The van der Waals surface area contributed by atoms with Gasteiger partial charge in [-0.3, -0.25) is 9.59 Å². The van der Waals surface area contributed by atoms with Gasteiger partial charge in [0.05, 0.1) is 0 Å². The number of nitrogens with one attached hydrogen (secondary N) is 1. The highest BCUT2D eigenvalue weighted by atomic mass is 16.4. The van der Waals surface area contributed by atoms with E-state index in [2.05, 4.69) is 12.2 Å². The lowest BCUT2D eigenvalue weighted by atomic mass is 9.96. The summed E-state index contributed by atoms with van der Waals surface area (Å²) in [6.45, 7) is 4.98. The lowest BCUT2D eigenvalue weighted by molar-refractivity contribution is -0.140. The number of aliphatic carboxylic acids is 1. The molecule has 0 amide bonds. The Morgan fingerprint density at radius 2 is 1.76 bits per heavy atom. The van der Waals surface area contributed by atoms with Crippen molar-refractivity contribution in [3.05, 3.63) is 0 Å². The van der Waals surface area contributed by atoms with Gasteiger partial charge in [-0.05, 0) is 19.4 Å². The molecule has 100 valence electrons. The van der Waals surface area contributed by atoms with Crippen molar-refractivity contribution in [3.63, 3.8) is 0 Å². The third-order valence-electron chi connectivity index (χ3n) is 2.84. The Bertz CT molecular complexity index is 220. The van der Waals surface area contributed by atoms with Crippen LogP contribution in [0.15, 0.2) is 0 Å². The third-order valence-corrected chi connectivity index (χ3v) is 2.84. The molecule has 0 atom stereocenters. The number of carbonyl (C=O) groups is 2. The van der Waals surface area contributed by atoms with Crippen LogP contribution in [-0.4, -0.2) is 29.4 Å². The molecule has 0 radical (unpaired) electrons. The third kappa shape index (κ3) is 10.00. The van der Waals surface area contributed by atoms with Gasteiger partial charge in [0.15, 0.2) is 0 Å². The minimum atomic E-state index is -1.04. The molecule has 0 unspecified atom stereocenters. The maximum atomic E-state index is 10.2. The molecule has 0 aliphatic heterocycles. The van der Waals surface area contributed by atoms with Gasteiger partial charge in [-0.25, -0.2) is 0 Å². The molecule has 0 aromatic rings. The van der Waals surface area contributed by atoms with Gasteiger partial charge in [0.25, 0.3) is 0 Å². The normalized spacial score (nSPS) is 15.9. The van der Waals surface area contributed by atoms with Gasteiger partial charge in [0, 0.05) is 12.5 Å². The van der Waals surface area contributed by atoms with Crippen LogP contribution < -0.4 is 5.32 Å². The molecule has 0 aromatic heterocycles. The van der Waals surface area contributed by atoms with Gasteiger partial charge in [-0.1, -0.05) is 33.1 Å². The fourth-order valence-electron chi connectivity index (χ4n) is 1.89. The topological polar surface area (TPSA) is 66.4 Å². The zero-order chi connectivity index (χ0) is 13.1. The van der Waals surface area contributed by atoms with Crippen LogP contribution in [0.3, 0.4) is 0 Å². The Balaban J connectivity index is 0.000000304. The predicted octanol–water partition coefficient (Wildman–Crippen LogP) is 2.37. The number of carbonyl (C=O) groups excluding carboxylic acids is 1. The summed E-state index contributed by atoms with van der Waals surface area (Å²) >= 11 is 0. The minimum absolute atomic E-state index is 0.225. The summed E-state index contributed by atoms with van der Waals surface area (Å²) < 4.78 is 0. The van der Waals surface area contributed by atoms with Crippen LogP contribution in [0.4, 0.5) is 0 Å². The number of ketones is 1. The first kappa shape index (κ1) is 16.1. The van der Waals surface area contributed by atoms with Gasteiger partial charge in [0.1, 0.15) is 12.2 Å². The van der Waals surface area contributed by atoms with E-state index in [0.29, 0.717) is 6.42 Å². The highest BCUT2D eigenvalue weighted by molar-refractivity contribution is 5.94. The SMILES string of the molecule is CCC(=O)CC(=O)O.CCNC1CCCCC1. The molecule has 0 saturated heterocycles. The smallest absolute Gasteiger partial charge is 0.310 e. The Kier molecular flexibility index (Phi) is 9.72. The average molecular weight is 243 g/mol. The van der Waals surface area contributed by atoms with Crippen LogP contribution in [0.1, 0.15) is 58.8 Å². The fraction of sp³-hybridized carbons (Fsp3) is 0.846. The molecule has 1 rings (SSSR count). The van der Waals surface area contributed by atoms with Crippen LogP contribution in [0, 0.1) is 0 Å². The molecule has 17 heavy (non-hydrogen) atoms. The number of rotatable bonds is 5. The first-order valence-electron chi connectivity index (χ1n) is 6.57. The maximum Gasteiger partial charge on any atom is 0.310 e. The molecular weight excluding hydrogens is 218 g/mol. The van der Waals surface area contributed by atoms with E-state index < -0.39 is 5.97 Å². The van der Waals surface area contributed by atoms with E-state index in [1.807, 2.05) is 0 Å². The largest absolute Gasteiger partial charge is 0.481 e. The first-order valence-corrected chi connectivity index (χ1v) is 6.57. The number of carboxylic acids is 1. The number of hydrogen-bond donors (Lipinski definition) is 2. The van der Waals surface area contributed by atoms with Crippen molar-refractivity contribution in [1.29, 1.82) is 0 Å². The predicted molar refractivity (Wildman–Crippen MR) is 68.1 cm³/mol. The standard InChI is InChI=1S/C8H17N.C5H8O3/c1-2-9-8-6-4-3-5-7-8;1-2-4(6)3-5(7)8/h8-9H,2-7H2,1H3;2-3H2,1H3,(H,7,8). The Morgan fingerprint density at radius 1 is 1.18 bits per heavy atom. The van der Waals surface area contributed by atoms with Crippen molar-refractivity contribution < 1.29 is 14.7 Å². The molecule has 0 aromatic carbocycles. The van der Waals surface area contributed by atoms with Crippen molar-refractivity contribution in [2.45, 2.75) is 64.8 Å². The second-order valence-corrected chi connectivity index (χ2v) is 4.36. The van der Waals surface area contributed by atoms with Gasteiger partial charge >= 0.3 is 5.97 Å². The van der Waals surface area contributed by atoms with Gasteiger partial charge in [-0.2, -0.15) is 0 Å². The maximum absolute atomic E-state index is 10.2. The number of carboxylic acid groups (broad SMARTS) is 1. The zero-order valence-corrected chi connectivity index (χ0v) is 11.0. The van der Waals surface area contributed by atoms with Crippen molar-refractivity contribution in [3.8, 4) is 0 Å². The van der Waals surface area contributed by atoms with Crippen molar-refractivity contribution in [2.24, 2.45) is 0 Å². The summed E-state index contributed by atoms with van der Waals surface area (Å²) in [5.74, 6) is -1.27. The number of hydrogen-bond acceptors (Lipinski definition) is 3. The first-order chi connectivity index (χ1) is 8.10. The molecule has 2 N–H and O–H groups in total. The molecule has 1 fully saturated rings. The van der Waals surface area contributed by atoms with Gasteiger partial charge < -0.3 is 10.4 Å². The van der Waals surface area contributed by atoms with Crippen molar-refractivity contribution in [1.82, 2.24) is 5.32 Å². The second kappa shape index (κ2) is 10.3. The summed E-state index contributed by atoms with van der Waals surface area (Å²) in [6, 6.07) is 0.851. The zero-order valence-electron chi connectivity index (χ0n) is 11.0. The second-order valence-electron chi connectivity index (χ2n) is 4.36. The summed E-state index contributed by atoms with van der Waals surface area (Å²) in [6.07, 6.45) is 7.14. The van der Waals surface area contributed by atoms with E-state index in [4.69, 9.17) is 5.11 Å². The van der Waals surface area contributed by atoms with E-state index in [-0.39, 0.29) is 12.2 Å². The molecule has 1 aliphatic rings. The monoisotopic (exact) mass is 243 g/mol. The lowest BCUT2D eigenvalue weighted by Gasteiger charge is -2.21. The summed E-state index contributed by atoms with van der Waals surface area (Å²) in [4.78, 5) is 20.0. The summed E-state index contributed by atoms with van der Waals surface area (Å²) in [7, 11) is 0. The van der Waals surface area contributed by atoms with Gasteiger partial charge in [-0.15, -0.1) is 0 Å². The summed E-state index contributed by atoms with van der Waals surface area (Å²) in [5, 5.41) is 11.5. The molecule has 0 heterocycles. The lowest BCUT2D eigenvalue weighted by Crippen LogP contribution is -2.30. The molecule has 4 nitrogen and oxygen atoms in total. The van der Waals surface area contributed by atoms with Crippen molar-refractivity contribution in [2.75, 3.05) is 6.54 Å². The Morgan fingerprint density at radius 3 is 2.12 bits per heavy atom. The van der Waals surface area contributed by atoms with E-state index in [0.717, 1.165) is 12.6 Å². The Hall–Kier alpha value is -0.900. The van der Waals surface area contributed by atoms with E-state index in [1.54, 1.807) is 6.92 Å². The van der Waals surface area contributed by atoms with Gasteiger partial charge in [0.2, 0.25) is 0 Å². The molecular formula is C13H25NO3. The minimum Gasteiger partial charge on any atom is -0.481 e. The van der Waals surface area contributed by atoms with Crippen molar-refractivity contribution >= 4 is 11.8 Å². The highest BCUT2D eigenvalue weighted by Gasteiger charge is 2.10. The molecule has 0 spiro atoms. The molecule has 1 saturated carbocycles. The molecule has 0 bridgehead atoms. The Labute approximate surface area is 104 Å². The van der Waals surface area contributed by atoms with Crippen LogP contribution >= 0.6 is 0 Å². The molecule has 1 aliphatic carbocycles. The van der Waals surface area contributed by atoms with E-state index in [1.165, 1.54) is 32.1 Å². The molecule has 4 heteroatoms. The van der Waals surface area contributed by atoms with Crippen LogP contribution in [0.25, 0.3) is 0 Å². The van der Waals surface area contributed by atoms with E-state index >= 15 is 0 Å². The average Bonchev–Trinajstić information content (AvgIpc) is 2.31. The van der Waals surface area contributed by atoms with Crippen LogP contribution in [0.2, 0.25) is 0 Å². The number of Topliss-reactive ketones (excluding diaryl/α,β-unsaturated/α-hetero) is 1. The fourth-order valence-corrected chi connectivity index (χ4v) is 1.89. The van der Waals surface area contributed by atoms with E-state index in [9.17, 15) is 9.59 Å². The summed E-state index contributed by atoms with van der Waals surface area (Å²) in [5.41, 5.74) is 0. The van der Waals surface area contributed by atoms with Crippen LogP contribution in [-0.2, 0) is 9.59 Å². The van der Waals surface area contributed by atoms with Crippen LogP contribution in [0.5, 0.6) is 0 Å².